The van der Waals surface area contributed by atoms with E-state index in [2.05, 4.69) is 9.97 Å². The van der Waals surface area contributed by atoms with Gasteiger partial charge >= 0.3 is 5.97 Å². The van der Waals surface area contributed by atoms with Gasteiger partial charge in [-0.05, 0) is 6.42 Å². The van der Waals surface area contributed by atoms with E-state index in [9.17, 15) is 4.79 Å². The third kappa shape index (κ3) is 1.62. The highest BCUT2D eigenvalue weighted by Crippen LogP contribution is 2.08. The highest BCUT2D eigenvalue weighted by atomic mass is 16.4. The molecule has 12 heavy (non-hydrogen) atoms. The smallest absolute Gasteiger partial charge is 0.353 e. The van der Waals surface area contributed by atoms with Gasteiger partial charge in [0.05, 0.1) is 12.2 Å². The number of H-pyrrole nitrogens is 1. The number of nitrogens with two attached hydrogens (primary N) is 1. The van der Waals surface area contributed by atoms with Gasteiger partial charge in [-0.15, -0.1) is 0 Å². The van der Waals surface area contributed by atoms with Gasteiger partial charge in [-0.3, -0.25) is 0 Å². The number of carboxylic acid groups (broad SMARTS) is 1. The van der Waals surface area contributed by atoms with Crippen molar-refractivity contribution in [2.75, 3.05) is 0 Å². The molecule has 0 saturated carbocycles. The van der Waals surface area contributed by atoms with Crippen LogP contribution in [0.15, 0.2) is 6.20 Å². The molecule has 0 radical (unpaired) electrons. The van der Waals surface area contributed by atoms with Crippen LogP contribution >= 0.6 is 0 Å². The molecule has 0 bridgehead atoms. The van der Waals surface area contributed by atoms with Gasteiger partial charge in [0.25, 0.3) is 0 Å². The summed E-state index contributed by atoms with van der Waals surface area (Å²) in [4.78, 5) is 16.9. The summed E-state index contributed by atoms with van der Waals surface area (Å²) in [5.74, 6) is -0.494. The second-order valence-electron chi connectivity index (χ2n) is 2.50. The zero-order valence-corrected chi connectivity index (χ0v) is 6.74. The van der Waals surface area contributed by atoms with Crippen molar-refractivity contribution >= 4 is 5.97 Å². The van der Waals surface area contributed by atoms with Gasteiger partial charge in [0, 0.05) is 0 Å². The summed E-state index contributed by atoms with van der Waals surface area (Å²) in [6.45, 7) is 1.91. The first-order chi connectivity index (χ1) is 5.65. The van der Waals surface area contributed by atoms with Crippen LogP contribution in [0.3, 0.4) is 0 Å². The van der Waals surface area contributed by atoms with E-state index in [0.717, 1.165) is 6.42 Å². The second-order valence-corrected chi connectivity index (χ2v) is 2.50. The number of rotatable bonds is 3. The van der Waals surface area contributed by atoms with Crippen molar-refractivity contribution in [3.8, 4) is 0 Å². The Labute approximate surface area is 69.6 Å². The van der Waals surface area contributed by atoms with Crippen LogP contribution in [0.4, 0.5) is 0 Å². The second kappa shape index (κ2) is 3.36. The summed E-state index contributed by atoms with van der Waals surface area (Å²) in [5, 5.41) is 8.54. The average molecular weight is 169 g/mol. The molecule has 0 aliphatic rings. The van der Waals surface area contributed by atoms with Gasteiger partial charge in [0.15, 0.2) is 0 Å². The first-order valence-corrected chi connectivity index (χ1v) is 3.69. The molecule has 0 saturated heterocycles. The number of nitrogens with one attached hydrogen (secondary N) is 1. The lowest BCUT2D eigenvalue weighted by Gasteiger charge is -2.02. The Morgan fingerprint density at radius 3 is 3.00 bits per heavy atom. The lowest BCUT2D eigenvalue weighted by Crippen LogP contribution is -2.10. The molecule has 1 aromatic heterocycles. The number of aromatic nitrogens is 2. The summed E-state index contributed by atoms with van der Waals surface area (Å²) in [6.07, 6.45) is 2.00. The van der Waals surface area contributed by atoms with E-state index >= 15 is 0 Å². The highest BCUT2D eigenvalue weighted by Gasteiger charge is 2.10. The van der Waals surface area contributed by atoms with Crippen molar-refractivity contribution in [1.29, 1.82) is 0 Å². The minimum absolute atomic E-state index is 0.0777. The van der Waals surface area contributed by atoms with Crippen LogP contribution in [-0.2, 0) is 0 Å². The summed E-state index contributed by atoms with van der Waals surface area (Å²) in [7, 11) is 0. The molecule has 66 valence electrons. The molecule has 0 spiro atoms. The lowest BCUT2D eigenvalue weighted by atomic mass is 10.2. The standard InChI is InChI=1S/C7H11N3O2/c1-2-4(8)6-9-3-5(10-6)7(11)12/h3-4H,2,8H2,1H3,(H,9,10)(H,11,12). The topological polar surface area (TPSA) is 92.0 Å². The lowest BCUT2D eigenvalue weighted by molar-refractivity contribution is 0.0691. The van der Waals surface area contributed by atoms with Gasteiger partial charge in [0.2, 0.25) is 0 Å². The molecule has 0 aliphatic heterocycles. The summed E-state index contributed by atoms with van der Waals surface area (Å²) < 4.78 is 0. The minimum Gasteiger partial charge on any atom is -0.477 e. The van der Waals surface area contributed by atoms with E-state index in [1.54, 1.807) is 0 Å². The van der Waals surface area contributed by atoms with Crippen LogP contribution in [0.1, 0.15) is 35.7 Å². The molecule has 4 N–H and O–H groups in total. The number of carbonyl (C=O) groups is 1. The van der Waals surface area contributed by atoms with Crippen molar-refractivity contribution < 1.29 is 9.90 Å². The Morgan fingerprint density at radius 2 is 2.58 bits per heavy atom. The maximum absolute atomic E-state index is 10.4. The summed E-state index contributed by atoms with van der Waals surface area (Å²) in [5.41, 5.74) is 5.70. The Kier molecular flexibility index (Phi) is 2.44. The normalized spacial score (nSPS) is 12.8. The quantitative estimate of drug-likeness (QED) is 0.615. The first kappa shape index (κ1) is 8.73. The average Bonchev–Trinajstić information content (AvgIpc) is 2.51. The van der Waals surface area contributed by atoms with Crippen LogP contribution in [0.5, 0.6) is 0 Å². The Balaban J connectivity index is 2.84. The third-order valence-electron chi connectivity index (χ3n) is 1.62. The number of aromatic carboxylic acids is 1. The number of hydrogen-bond donors (Lipinski definition) is 3. The maximum atomic E-state index is 10.4. The van der Waals surface area contributed by atoms with Crippen LogP contribution in [-0.4, -0.2) is 21.0 Å². The number of carboxylic acids is 1. The fourth-order valence-electron chi connectivity index (χ4n) is 0.827. The molecule has 0 amide bonds. The number of aromatic amines is 1. The number of imidazole rings is 1. The van der Waals surface area contributed by atoms with E-state index in [-0.39, 0.29) is 11.7 Å². The summed E-state index contributed by atoms with van der Waals surface area (Å²) >= 11 is 0. The monoisotopic (exact) mass is 169 g/mol. The van der Waals surface area contributed by atoms with Gasteiger partial charge in [0.1, 0.15) is 11.5 Å². The largest absolute Gasteiger partial charge is 0.477 e. The van der Waals surface area contributed by atoms with Crippen LogP contribution in [0.25, 0.3) is 0 Å². The van der Waals surface area contributed by atoms with E-state index < -0.39 is 5.97 Å². The van der Waals surface area contributed by atoms with E-state index in [4.69, 9.17) is 10.8 Å². The Morgan fingerprint density at radius 1 is 1.92 bits per heavy atom. The fraction of sp³-hybridized carbons (Fsp3) is 0.429. The van der Waals surface area contributed by atoms with Crippen LogP contribution < -0.4 is 5.73 Å². The zero-order chi connectivity index (χ0) is 9.14. The third-order valence-corrected chi connectivity index (χ3v) is 1.62. The molecule has 1 aromatic rings. The van der Waals surface area contributed by atoms with E-state index in [1.165, 1.54) is 6.20 Å². The molecule has 0 fully saturated rings. The highest BCUT2D eigenvalue weighted by molar-refractivity contribution is 5.85. The molecule has 1 rings (SSSR count). The molecular formula is C7H11N3O2. The molecule has 5 nitrogen and oxygen atoms in total. The van der Waals surface area contributed by atoms with Gasteiger partial charge in [-0.25, -0.2) is 9.78 Å². The molecule has 1 atom stereocenters. The number of nitrogens with zero attached hydrogens (tertiary/aromatic N) is 1. The predicted molar refractivity (Wildman–Crippen MR) is 42.8 cm³/mol. The predicted octanol–water partition coefficient (Wildman–Crippen LogP) is 0.518. The van der Waals surface area contributed by atoms with Gasteiger partial charge in [-0.2, -0.15) is 0 Å². The van der Waals surface area contributed by atoms with Crippen LogP contribution in [0.2, 0.25) is 0 Å². The number of hydrogen-bond acceptors (Lipinski definition) is 3. The maximum Gasteiger partial charge on any atom is 0.353 e. The van der Waals surface area contributed by atoms with Crippen molar-refractivity contribution in [2.45, 2.75) is 19.4 Å². The first-order valence-electron chi connectivity index (χ1n) is 3.69. The Hall–Kier alpha value is -1.36. The Bertz CT molecular complexity index is 282. The van der Waals surface area contributed by atoms with Crippen molar-refractivity contribution in [1.82, 2.24) is 9.97 Å². The zero-order valence-electron chi connectivity index (χ0n) is 6.74. The van der Waals surface area contributed by atoms with Crippen molar-refractivity contribution in [3.05, 3.63) is 17.7 Å². The van der Waals surface area contributed by atoms with Crippen LogP contribution in [0, 0.1) is 0 Å². The van der Waals surface area contributed by atoms with Crippen molar-refractivity contribution in [2.24, 2.45) is 5.73 Å². The molecular weight excluding hydrogens is 158 g/mol. The SMILES string of the molecule is CCC(N)c1ncc(C(=O)O)[nH]1. The van der Waals surface area contributed by atoms with Crippen molar-refractivity contribution in [3.63, 3.8) is 0 Å². The van der Waals surface area contributed by atoms with Gasteiger partial charge < -0.3 is 15.8 Å². The molecule has 0 aromatic carbocycles. The molecule has 0 aliphatic carbocycles. The fourth-order valence-corrected chi connectivity index (χ4v) is 0.827. The molecule has 1 unspecified atom stereocenters. The molecule has 5 heteroatoms. The molecule has 1 heterocycles. The summed E-state index contributed by atoms with van der Waals surface area (Å²) in [6, 6.07) is -0.210. The van der Waals surface area contributed by atoms with Gasteiger partial charge in [-0.1, -0.05) is 6.92 Å². The van der Waals surface area contributed by atoms with E-state index in [0.29, 0.717) is 5.82 Å². The minimum atomic E-state index is -1.02. The van der Waals surface area contributed by atoms with E-state index in [1.807, 2.05) is 6.92 Å².